The van der Waals surface area contributed by atoms with Crippen molar-refractivity contribution < 1.29 is 0 Å². The van der Waals surface area contributed by atoms with E-state index in [-0.39, 0.29) is 0 Å². The minimum Gasteiger partial charge on any atom is -0.307 e. The highest BCUT2D eigenvalue weighted by molar-refractivity contribution is 7.99. The Kier molecular flexibility index (Phi) is 3.87. The first-order chi connectivity index (χ1) is 7.79. The van der Waals surface area contributed by atoms with Gasteiger partial charge in [0.1, 0.15) is 0 Å². The van der Waals surface area contributed by atoms with Gasteiger partial charge in [-0.1, -0.05) is 12.1 Å². The van der Waals surface area contributed by atoms with Crippen LogP contribution in [0.5, 0.6) is 0 Å². The standard InChI is InChI=1S/C13H16N2S/c1-10(15-13-6-7-16-9-13)12-4-2-11(8-14)3-5-12/h2-5,10,13,15H,6-7,9H2,1H3. The molecule has 0 aliphatic carbocycles. The summed E-state index contributed by atoms with van der Waals surface area (Å²) in [7, 11) is 0. The number of nitriles is 1. The van der Waals surface area contributed by atoms with Crippen LogP contribution in [-0.4, -0.2) is 17.5 Å². The molecule has 1 aliphatic rings. The molecule has 2 unspecified atom stereocenters. The molecule has 0 radical (unpaired) electrons. The van der Waals surface area contributed by atoms with Crippen LogP contribution in [0.1, 0.15) is 30.5 Å². The van der Waals surface area contributed by atoms with Gasteiger partial charge in [-0.05, 0) is 36.8 Å². The van der Waals surface area contributed by atoms with E-state index in [0.717, 1.165) is 5.56 Å². The van der Waals surface area contributed by atoms with Gasteiger partial charge in [-0.25, -0.2) is 0 Å². The molecule has 0 amide bonds. The summed E-state index contributed by atoms with van der Waals surface area (Å²) >= 11 is 2.02. The summed E-state index contributed by atoms with van der Waals surface area (Å²) in [4.78, 5) is 0. The fourth-order valence-electron chi connectivity index (χ4n) is 1.96. The maximum atomic E-state index is 8.73. The monoisotopic (exact) mass is 232 g/mol. The average Bonchev–Trinajstić information content (AvgIpc) is 2.82. The molecule has 2 nitrogen and oxygen atoms in total. The van der Waals surface area contributed by atoms with Crippen LogP contribution < -0.4 is 5.32 Å². The summed E-state index contributed by atoms with van der Waals surface area (Å²) in [5.41, 5.74) is 1.99. The minimum atomic E-state index is 0.372. The van der Waals surface area contributed by atoms with Crippen molar-refractivity contribution >= 4 is 11.8 Å². The van der Waals surface area contributed by atoms with Gasteiger partial charge in [-0.15, -0.1) is 0 Å². The smallest absolute Gasteiger partial charge is 0.0991 e. The summed E-state index contributed by atoms with van der Waals surface area (Å²) in [6, 6.07) is 11.0. The Morgan fingerprint density at radius 1 is 1.44 bits per heavy atom. The molecule has 1 aliphatic heterocycles. The molecule has 0 spiro atoms. The first-order valence-corrected chi connectivity index (χ1v) is 6.79. The van der Waals surface area contributed by atoms with Crippen LogP contribution in [0.3, 0.4) is 0 Å². The first kappa shape index (κ1) is 11.5. The molecule has 1 aromatic carbocycles. The summed E-state index contributed by atoms with van der Waals surface area (Å²) < 4.78 is 0. The van der Waals surface area contributed by atoms with Crippen molar-refractivity contribution in [2.75, 3.05) is 11.5 Å². The second-order valence-electron chi connectivity index (χ2n) is 4.18. The number of nitrogens with zero attached hydrogens (tertiary/aromatic N) is 1. The molecule has 2 atom stereocenters. The second kappa shape index (κ2) is 5.38. The average molecular weight is 232 g/mol. The van der Waals surface area contributed by atoms with Crippen molar-refractivity contribution in [3.05, 3.63) is 35.4 Å². The Hall–Kier alpha value is -0.980. The van der Waals surface area contributed by atoms with Crippen LogP contribution in [-0.2, 0) is 0 Å². The third kappa shape index (κ3) is 2.78. The van der Waals surface area contributed by atoms with E-state index in [9.17, 15) is 0 Å². The van der Waals surface area contributed by atoms with Crippen molar-refractivity contribution in [1.29, 1.82) is 5.26 Å². The molecule has 3 heteroatoms. The lowest BCUT2D eigenvalue weighted by atomic mass is 10.1. The van der Waals surface area contributed by atoms with E-state index in [1.165, 1.54) is 23.5 Å². The Morgan fingerprint density at radius 3 is 2.75 bits per heavy atom. The predicted molar refractivity (Wildman–Crippen MR) is 68.4 cm³/mol. The predicted octanol–water partition coefficient (Wildman–Crippen LogP) is 2.71. The molecule has 1 N–H and O–H groups in total. The fraction of sp³-hybridized carbons (Fsp3) is 0.462. The van der Waals surface area contributed by atoms with Crippen molar-refractivity contribution in [3.8, 4) is 6.07 Å². The maximum absolute atomic E-state index is 8.73. The largest absolute Gasteiger partial charge is 0.307 e. The summed E-state index contributed by atoms with van der Waals surface area (Å²) in [5, 5.41) is 12.4. The molecule has 0 bridgehead atoms. The van der Waals surface area contributed by atoms with Gasteiger partial charge < -0.3 is 5.32 Å². The molecule has 84 valence electrons. The number of rotatable bonds is 3. The van der Waals surface area contributed by atoms with E-state index in [1.54, 1.807) is 0 Å². The maximum Gasteiger partial charge on any atom is 0.0991 e. The number of hydrogen-bond acceptors (Lipinski definition) is 3. The zero-order valence-corrected chi connectivity index (χ0v) is 10.3. The molecular weight excluding hydrogens is 216 g/mol. The van der Waals surface area contributed by atoms with Crippen molar-refractivity contribution in [2.45, 2.75) is 25.4 Å². The Morgan fingerprint density at radius 2 is 2.19 bits per heavy atom. The van der Waals surface area contributed by atoms with Gasteiger partial charge in [0, 0.05) is 17.8 Å². The lowest BCUT2D eigenvalue weighted by molar-refractivity contribution is 0.486. The molecule has 1 heterocycles. The minimum absolute atomic E-state index is 0.372. The van der Waals surface area contributed by atoms with E-state index < -0.39 is 0 Å². The second-order valence-corrected chi connectivity index (χ2v) is 5.33. The fourth-order valence-corrected chi connectivity index (χ4v) is 3.13. The van der Waals surface area contributed by atoms with Crippen LogP contribution in [0.2, 0.25) is 0 Å². The zero-order chi connectivity index (χ0) is 11.4. The number of benzene rings is 1. The van der Waals surface area contributed by atoms with Gasteiger partial charge in [0.25, 0.3) is 0 Å². The summed E-state index contributed by atoms with van der Waals surface area (Å²) in [5.74, 6) is 2.50. The number of hydrogen-bond donors (Lipinski definition) is 1. The molecule has 0 saturated carbocycles. The number of thioether (sulfide) groups is 1. The van der Waals surface area contributed by atoms with E-state index in [0.29, 0.717) is 12.1 Å². The van der Waals surface area contributed by atoms with Gasteiger partial charge in [-0.2, -0.15) is 17.0 Å². The summed E-state index contributed by atoms with van der Waals surface area (Å²) in [6.45, 7) is 2.18. The van der Waals surface area contributed by atoms with Gasteiger partial charge in [0.05, 0.1) is 11.6 Å². The SMILES string of the molecule is CC(NC1CCSC1)c1ccc(C#N)cc1. The molecular formula is C13H16N2S. The Balaban J connectivity index is 1.97. The van der Waals surface area contributed by atoms with E-state index in [2.05, 4.69) is 18.3 Å². The topological polar surface area (TPSA) is 35.8 Å². The molecule has 16 heavy (non-hydrogen) atoms. The van der Waals surface area contributed by atoms with Crippen LogP contribution in [0, 0.1) is 11.3 Å². The van der Waals surface area contributed by atoms with Crippen molar-refractivity contribution in [3.63, 3.8) is 0 Å². The van der Waals surface area contributed by atoms with Crippen LogP contribution >= 0.6 is 11.8 Å². The molecule has 0 aromatic heterocycles. The third-order valence-electron chi connectivity index (χ3n) is 2.96. The van der Waals surface area contributed by atoms with E-state index in [1.807, 2.05) is 36.0 Å². The highest BCUT2D eigenvalue weighted by Gasteiger charge is 2.17. The normalized spacial score (nSPS) is 21.6. The lowest BCUT2D eigenvalue weighted by Gasteiger charge is -2.19. The molecule has 2 rings (SSSR count). The van der Waals surface area contributed by atoms with Gasteiger partial charge in [-0.3, -0.25) is 0 Å². The Labute approximate surface area is 101 Å². The van der Waals surface area contributed by atoms with Crippen LogP contribution in [0.4, 0.5) is 0 Å². The van der Waals surface area contributed by atoms with Crippen LogP contribution in [0.15, 0.2) is 24.3 Å². The Bertz CT molecular complexity index is 374. The lowest BCUT2D eigenvalue weighted by Crippen LogP contribution is -2.31. The molecule has 1 aromatic rings. The highest BCUT2D eigenvalue weighted by Crippen LogP contribution is 2.21. The van der Waals surface area contributed by atoms with Gasteiger partial charge in [0.2, 0.25) is 0 Å². The van der Waals surface area contributed by atoms with E-state index >= 15 is 0 Å². The number of nitrogens with one attached hydrogen (secondary N) is 1. The van der Waals surface area contributed by atoms with Crippen LogP contribution in [0.25, 0.3) is 0 Å². The van der Waals surface area contributed by atoms with Gasteiger partial charge in [0.15, 0.2) is 0 Å². The van der Waals surface area contributed by atoms with Gasteiger partial charge >= 0.3 is 0 Å². The van der Waals surface area contributed by atoms with Crippen molar-refractivity contribution in [1.82, 2.24) is 5.32 Å². The third-order valence-corrected chi connectivity index (χ3v) is 4.12. The summed E-state index contributed by atoms with van der Waals surface area (Å²) in [6.07, 6.45) is 1.27. The molecule has 1 fully saturated rings. The molecule has 1 saturated heterocycles. The highest BCUT2D eigenvalue weighted by atomic mass is 32.2. The first-order valence-electron chi connectivity index (χ1n) is 5.63. The quantitative estimate of drug-likeness (QED) is 0.870. The zero-order valence-electron chi connectivity index (χ0n) is 9.44. The van der Waals surface area contributed by atoms with E-state index in [4.69, 9.17) is 5.26 Å². The van der Waals surface area contributed by atoms with Crippen molar-refractivity contribution in [2.24, 2.45) is 0 Å².